The van der Waals surface area contributed by atoms with Crippen LogP contribution in [0.2, 0.25) is 0 Å². The van der Waals surface area contributed by atoms with Crippen LogP contribution >= 0.6 is 0 Å². The highest BCUT2D eigenvalue weighted by atomic mass is 16.5. The molecule has 0 spiro atoms. The molecule has 3 atom stereocenters. The molecule has 4 nitrogen and oxygen atoms in total. The molecular formula is C15H20N2O2. The fourth-order valence-electron chi connectivity index (χ4n) is 2.98. The van der Waals surface area contributed by atoms with E-state index in [4.69, 9.17) is 10.5 Å². The molecule has 2 saturated heterocycles. The summed E-state index contributed by atoms with van der Waals surface area (Å²) in [6, 6.07) is 9.49. The quantitative estimate of drug-likeness (QED) is 0.880. The van der Waals surface area contributed by atoms with E-state index in [1.807, 2.05) is 35.2 Å². The average molecular weight is 260 g/mol. The van der Waals surface area contributed by atoms with E-state index < -0.39 is 6.04 Å². The van der Waals surface area contributed by atoms with Crippen molar-refractivity contribution in [1.82, 2.24) is 4.90 Å². The minimum atomic E-state index is -0.445. The molecule has 1 amide bonds. The summed E-state index contributed by atoms with van der Waals surface area (Å²) in [5.74, 6) is 0.0593. The summed E-state index contributed by atoms with van der Waals surface area (Å²) in [7, 11) is 0. The van der Waals surface area contributed by atoms with Crippen LogP contribution in [0.5, 0.6) is 0 Å². The van der Waals surface area contributed by atoms with Crippen molar-refractivity contribution >= 4 is 5.91 Å². The Morgan fingerprint density at radius 2 is 1.89 bits per heavy atom. The summed E-state index contributed by atoms with van der Waals surface area (Å²) in [4.78, 5) is 14.3. The zero-order chi connectivity index (χ0) is 13.2. The summed E-state index contributed by atoms with van der Waals surface area (Å²) in [6.45, 7) is 1.41. The summed E-state index contributed by atoms with van der Waals surface area (Å²) >= 11 is 0. The van der Waals surface area contributed by atoms with Gasteiger partial charge in [-0.05, 0) is 24.8 Å². The summed E-state index contributed by atoms with van der Waals surface area (Å²) < 4.78 is 5.74. The lowest BCUT2D eigenvalue weighted by atomic mass is 10.1. The van der Waals surface area contributed by atoms with Gasteiger partial charge in [0, 0.05) is 13.1 Å². The van der Waals surface area contributed by atoms with Gasteiger partial charge in [-0.3, -0.25) is 4.79 Å². The Kier molecular flexibility index (Phi) is 3.53. The molecule has 19 heavy (non-hydrogen) atoms. The lowest BCUT2D eigenvalue weighted by Gasteiger charge is -2.33. The molecular weight excluding hydrogens is 240 g/mol. The molecule has 0 saturated carbocycles. The first-order chi connectivity index (χ1) is 9.22. The molecule has 1 aromatic carbocycles. The second-order valence-corrected chi connectivity index (χ2v) is 5.50. The molecule has 2 fully saturated rings. The van der Waals surface area contributed by atoms with Crippen LogP contribution in [-0.2, 0) is 16.0 Å². The van der Waals surface area contributed by atoms with E-state index in [1.54, 1.807) is 0 Å². The van der Waals surface area contributed by atoms with Gasteiger partial charge in [0.15, 0.2) is 0 Å². The number of amides is 1. The number of rotatable bonds is 3. The molecule has 0 radical (unpaired) electrons. The Hall–Kier alpha value is -1.39. The molecule has 2 unspecified atom stereocenters. The first-order valence-corrected chi connectivity index (χ1v) is 6.96. The highest BCUT2D eigenvalue weighted by Gasteiger charge is 2.36. The van der Waals surface area contributed by atoms with Crippen LogP contribution in [0, 0.1) is 0 Å². The number of likely N-dealkylation sites (tertiary alicyclic amines) is 1. The van der Waals surface area contributed by atoms with Gasteiger partial charge in [0.05, 0.1) is 18.2 Å². The van der Waals surface area contributed by atoms with E-state index in [0.717, 1.165) is 18.4 Å². The maximum absolute atomic E-state index is 12.4. The first kappa shape index (κ1) is 12.6. The fraction of sp³-hybridized carbons (Fsp3) is 0.533. The molecule has 2 aliphatic heterocycles. The van der Waals surface area contributed by atoms with Gasteiger partial charge in [0.25, 0.3) is 0 Å². The van der Waals surface area contributed by atoms with Gasteiger partial charge in [-0.15, -0.1) is 0 Å². The van der Waals surface area contributed by atoms with Crippen LogP contribution < -0.4 is 5.73 Å². The van der Waals surface area contributed by atoms with E-state index in [0.29, 0.717) is 19.5 Å². The maximum atomic E-state index is 12.4. The third kappa shape index (κ3) is 2.80. The molecule has 3 rings (SSSR count). The van der Waals surface area contributed by atoms with Crippen molar-refractivity contribution in [2.45, 2.75) is 37.5 Å². The number of hydrogen-bond donors (Lipinski definition) is 1. The van der Waals surface area contributed by atoms with Crippen LogP contribution in [0.4, 0.5) is 0 Å². The van der Waals surface area contributed by atoms with Crippen molar-refractivity contribution in [1.29, 1.82) is 0 Å². The summed E-state index contributed by atoms with van der Waals surface area (Å²) in [6.07, 6.45) is 3.20. The number of carbonyl (C=O) groups is 1. The van der Waals surface area contributed by atoms with Crippen molar-refractivity contribution in [2.24, 2.45) is 5.73 Å². The number of carbonyl (C=O) groups excluding carboxylic acids is 1. The van der Waals surface area contributed by atoms with Gasteiger partial charge in [0.2, 0.25) is 5.91 Å². The molecule has 2 bridgehead atoms. The monoisotopic (exact) mass is 260 g/mol. The zero-order valence-corrected chi connectivity index (χ0v) is 11.0. The number of fused-ring (bicyclic) bond motifs is 2. The molecule has 102 valence electrons. The lowest BCUT2D eigenvalue weighted by molar-refractivity contribution is -0.141. The SMILES string of the molecule is N[C@H](Cc1ccccc1)C(=O)N1CC2CCC(C1)O2. The number of ether oxygens (including phenoxy) is 1. The van der Waals surface area contributed by atoms with Crippen LogP contribution in [0.3, 0.4) is 0 Å². The van der Waals surface area contributed by atoms with Crippen LogP contribution in [-0.4, -0.2) is 42.1 Å². The van der Waals surface area contributed by atoms with E-state index in [9.17, 15) is 4.79 Å². The molecule has 2 N–H and O–H groups in total. The average Bonchev–Trinajstić information content (AvgIpc) is 2.77. The van der Waals surface area contributed by atoms with Crippen molar-refractivity contribution in [2.75, 3.05) is 13.1 Å². The van der Waals surface area contributed by atoms with E-state index in [1.165, 1.54) is 0 Å². The Morgan fingerprint density at radius 1 is 1.26 bits per heavy atom. The normalized spacial score (nSPS) is 27.3. The molecule has 0 aromatic heterocycles. The highest BCUT2D eigenvalue weighted by molar-refractivity contribution is 5.82. The molecule has 1 aromatic rings. The molecule has 0 aliphatic carbocycles. The number of morpholine rings is 1. The standard InChI is InChI=1S/C15H20N2O2/c16-14(8-11-4-2-1-3-5-11)15(18)17-9-12-6-7-13(10-17)19-12/h1-5,12-14H,6-10,16H2/t12?,13?,14-/m1/s1. The van der Waals surface area contributed by atoms with Crippen LogP contribution in [0.1, 0.15) is 18.4 Å². The van der Waals surface area contributed by atoms with E-state index in [-0.39, 0.29) is 18.1 Å². The second-order valence-electron chi connectivity index (χ2n) is 5.50. The number of hydrogen-bond acceptors (Lipinski definition) is 3. The minimum Gasteiger partial charge on any atom is -0.371 e. The molecule has 2 heterocycles. The Balaban J connectivity index is 1.60. The summed E-state index contributed by atoms with van der Waals surface area (Å²) in [5, 5.41) is 0. The van der Waals surface area contributed by atoms with Gasteiger partial charge in [-0.25, -0.2) is 0 Å². The number of nitrogens with two attached hydrogens (primary N) is 1. The molecule has 2 aliphatic rings. The van der Waals surface area contributed by atoms with E-state index in [2.05, 4.69) is 0 Å². The largest absolute Gasteiger partial charge is 0.371 e. The summed E-state index contributed by atoms with van der Waals surface area (Å²) in [5.41, 5.74) is 7.17. The predicted molar refractivity (Wildman–Crippen MR) is 72.6 cm³/mol. The van der Waals surface area contributed by atoms with Crippen molar-refractivity contribution in [3.8, 4) is 0 Å². The van der Waals surface area contributed by atoms with Crippen molar-refractivity contribution in [3.63, 3.8) is 0 Å². The van der Waals surface area contributed by atoms with Gasteiger partial charge in [-0.1, -0.05) is 30.3 Å². The van der Waals surface area contributed by atoms with Gasteiger partial charge in [0.1, 0.15) is 0 Å². The van der Waals surface area contributed by atoms with Gasteiger partial charge in [-0.2, -0.15) is 0 Å². The maximum Gasteiger partial charge on any atom is 0.240 e. The fourth-order valence-corrected chi connectivity index (χ4v) is 2.98. The third-order valence-electron chi connectivity index (χ3n) is 3.97. The minimum absolute atomic E-state index is 0.0593. The lowest BCUT2D eigenvalue weighted by Crippen LogP contribution is -2.52. The zero-order valence-electron chi connectivity index (χ0n) is 11.0. The first-order valence-electron chi connectivity index (χ1n) is 6.96. The number of nitrogens with zero attached hydrogens (tertiary/aromatic N) is 1. The molecule has 4 heteroatoms. The van der Waals surface area contributed by atoms with Crippen molar-refractivity contribution in [3.05, 3.63) is 35.9 Å². The Bertz CT molecular complexity index is 437. The van der Waals surface area contributed by atoms with E-state index >= 15 is 0 Å². The second kappa shape index (κ2) is 5.31. The van der Waals surface area contributed by atoms with Crippen LogP contribution in [0.15, 0.2) is 30.3 Å². The van der Waals surface area contributed by atoms with Crippen molar-refractivity contribution < 1.29 is 9.53 Å². The van der Waals surface area contributed by atoms with Gasteiger partial charge >= 0.3 is 0 Å². The topological polar surface area (TPSA) is 55.6 Å². The van der Waals surface area contributed by atoms with Crippen LogP contribution in [0.25, 0.3) is 0 Å². The predicted octanol–water partition coefficient (Wildman–Crippen LogP) is 0.946. The van der Waals surface area contributed by atoms with Gasteiger partial charge < -0.3 is 15.4 Å². The third-order valence-corrected chi connectivity index (χ3v) is 3.97. The highest BCUT2D eigenvalue weighted by Crippen LogP contribution is 2.26. The Labute approximate surface area is 113 Å². The smallest absolute Gasteiger partial charge is 0.240 e. The number of benzene rings is 1. The Morgan fingerprint density at radius 3 is 2.53 bits per heavy atom.